The van der Waals surface area contributed by atoms with Gasteiger partial charge in [0.25, 0.3) is 5.91 Å². The number of amides is 2. The molecule has 0 aliphatic rings. The zero-order valence-corrected chi connectivity index (χ0v) is 25.4. The molecule has 5 rings (SSSR count). The highest BCUT2D eigenvalue weighted by atomic mass is 16.5. The molecule has 0 saturated heterocycles. The first-order valence-electron chi connectivity index (χ1n) is 14.8. The monoisotopic (exact) mass is 620 g/mol. The number of nitrogens with zero attached hydrogens (tertiary/aromatic N) is 4. The number of aliphatic imine (C=N–C) groups is 1. The molecule has 0 spiro atoms. The van der Waals surface area contributed by atoms with Crippen LogP contribution in [0.3, 0.4) is 0 Å². The predicted octanol–water partition coefficient (Wildman–Crippen LogP) is 3.95. The van der Waals surface area contributed by atoms with Crippen molar-refractivity contribution in [2.24, 2.45) is 22.2 Å². The molecule has 0 saturated carbocycles. The van der Waals surface area contributed by atoms with Crippen LogP contribution in [0.1, 0.15) is 34.9 Å². The topological polar surface area (TPSA) is 186 Å². The van der Waals surface area contributed by atoms with E-state index in [1.165, 1.54) is 0 Å². The molecule has 12 nitrogen and oxygen atoms in total. The first-order valence-corrected chi connectivity index (χ1v) is 14.8. The Kier molecular flexibility index (Phi) is 10.1. The van der Waals surface area contributed by atoms with Crippen LogP contribution in [0.25, 0.3) is 22.4 Å². The molecule has 3 aromatic carbocycles. The van der Waals surface area contributed by atoms with E-state index in [1.54, 1.807) is 31.5 Å². The molecule has 0 unspecified atom stereocenters. The number of pyridine rings is 1. The molecular weight excluding hydrogens is 584 g/mol. The van der Waals surface area contributed by atoms with Crippen LogP contribution in [0.4, 0.5) is 0 Å². The van der Waals surface area contributed by atoms with Gasteiger partial charge in [0.15, 0.2) is 5.96 Å². The Morgan fingerprint density at radius 3 is 2.30 bits per heavy atom. The van der Waals surface area contributed by atoms with Crippen molar-refractivity contribution < 1.29 is 19.1 Å². The number of methoxy groups -OCH3 is 1. The number of rotatable bonds is 14. The summed E-state index contributed by atoms with van der Waals surface area (Å²) in [5.74, 6) is 1.73. The number of aromatic nitrogens is 3. The lowest BCUT2D eigenvalue weighted by Crippen LogP contribution is -2.28. The number of benzene rings is 3. The summed E-state index contributed by atoms with van der Waals surface area (Å²) in [6.45, 7) is 0.770. The third kappa shape index (κ3) is 7.78. The second-order valence-electron chi connectivity index (χ2n) is 10.5. The fourth-order valence-corrected chi connectivity index (χ4v) is 5.05. The molecule has 236 valence electrons. The van der Waals surface area contributed by atoms with E-state index in [0.29, 0.717) is 66.3 Å². The SMILES string of the molecule is COc1ccc(Oc2ccc(-c3nc4cc(C(=O)NCCc5ccccn5)ccc4n3[C@H](CCCN=C(N)N)C(N)=O)cc2)cc1. The van der Waals surface area contributed by atoms with Gasteiger partial charge in [0, 0.05) is 42.5 Å². The number of primary amides is 1. The van der Waals surface area contributed by atoms with E-state index < -0.39 is 11.9 Å². The van der Waals surface area contributed by atoms with Gasteiger partial charge in [0.1, 0.15) is 29.1 Å². The van der Waals surface area contributed by atoms with E-state index in [0.717, 1.165) is 17.0 Å². The second kappa shape index (κ2) is 14.7. The molecule has 46 heavy (non-hydrogen) atoms. The number of fused-ring (bicyclic) bond motifs is 1. The highest BCUT2D eigenvalue weighted by Crippen LogP contribution is 2.33. The third-order valence-electron chi connectivity index (χ3n) is 7.32. The fraction of sp³-hybridized carbons (Fsp3) is 0.206. The van der Waals surface area contributed by atoms with Gasteiger partial charge in [-0.15, -0.1) is 0 Å². The van der Waals surface area contributed by atoms with Crippen molar-refractivity contribution >= 4 is 28.8 Å². The molecule has 2 heterocycles. The number of imidazole rings is 1. The van der Waals surface area contributed by atoms with Crippen LogP contribution in [-0.4, -0.2) is 52.5 Å². The molecule has 1 atom stereocenters. The van der Waals surface area contributed by atoms with Crippen LogP contribution in [0.15, 0.2) is 96.1 Å². The number of hydrogen-bond donors (Lipinski definition) is 4. The van der Waals surface area contributed by atoms with Crippen LogP contribution in [0, 0.1) is 0 Å². The molecule has 0 aliphatic heterocycles. The van der Waals surface area contributed by atoms with Gasteiger partial charge in [0.2, 0.25) is 5.91 Å². The number of carbonyl (C=O) groups is 2. The van der Waals surface area contributed by atoms with Crippen molar-refractivity contribution in [2.75, 3.05) is 20.2 Å². The normalized spacial score (nSPS) is 11.5. The van der Waals surface area contributed by atoms with E-state index in [4.69, 9.17) is 31.7 Å². The van der Waals surface area contributed by atoms with Crippen LogP contribution < -0.4 is 32.0 Å². The lowest BCUT2D eigenvalue weighted by molar-refractivity contribution is -0.121. The zero-order valence-electron chi connectivity index (χ0n) is 25.4. The third-order valence-corrected chi connectivity index (χ3v) is 7.32. The lowest BCUT2D eigenvalue weighted by Gasteiger charge is -2.19. The first-order chi connectivity index (χ1) is 22.3. The number of guanidine groups is 1. The van der Waals surface area contributed by atoms with Gasteiger partial charge in [-0.3, -0.25) is 19.6 Å². The van der Waals surface area contributed by atoms with Crippen molar-refractivity contribution in [1.82, 2.24) is 19.9 Å². The minimum absolute atomic E-state index is 0.0211. The van der Waals surface area contributed by atoms with E-state index in [2.05, 4.69) is 15.3 Å². The molecule has 0 fully saturated rings. The summed E-state index contributed by atoms with van der Waals surface area (Å²) in [7, 11) is 1.61. The maximum absolute atomic E-state index is 13.0. The van der Waals surface area contributed by atoms with E-state index in [9.17, 15) is 9.59 Å². The minimum atomic E-state index is -0.748. The minimum Gasteiger partial charge on any atom is -0.497 e. The van der Waals surface area contributed by atoms with Crippen molar-refractivity contribution in [3.63, 3.8) is 0 Å². The number of ether oxygens (including phenoxy) is 2. The summed E-state index contributed by atoms with van der Waals surface area (Å²) in [4.78, 5) is 39.1. The maximum atomic E-state index is 13.0. The fourth-order valence-electron chi connectivity index (χ4n) is 5.05. The first kappa shape index (κ1) is 31.5. The molecule has 0 radical (unpaired) electrons. The van der Waals surface area contributed by atoms with Crippen molar-refractivity contribution in [3.05, 3.63) is 102 Å². The molecular formula is C34H36N8O4. The van der Waals surface area contributed by atoms with Gasteiger partial charge in [-0.05, 0) is 91.7 Å². The van der Waals surface area contributed by atoms with Crippen molar-refractivity contribution in [2.45, 2.75) is 25.3 Å². The highest BCUT2D eigenvalue weighted by molar-refractivity contribution is 5.98. The largest absolute Gasteiger partial charge is 0.497 e. The summed E-state index contributed by atoms with van der Waals surface area (Å²) in [5.41, 5.74) is 20.2. The van der Waals surface area contributed by atoms with Gasteiger partial charge >= 0.3 is 0 Å². The van der Waals surface area contributed by atoms with E-state index in [1.807, 2.05) is 71.3 Å². The standard InChI is InChI=1S/C34H36N8O4/c1-45-25-12-14-27(15-13-25)46-26-10-7-22(8-11-26)32-41-28-21-23(33(44)39-20-17-24-5-2-3-18-38-24)9-16-29(28)42(32)30(31(35)43)6-4-19-40-34(36)37/h2-3,5,7-16,18,21,30H,4,6,17,19-20H2,1H3,(H2,35,43)(H,39,44)(H4,36,37,40)/t30-/m1/s1. The number of nitrogens with two attached hydrogens (primary N) is 3. The molecule has 7 N–H and O–H groups in total. The van der Waals surface area contributed by atoms with Gasteiger partial charge in [0.05, 0.1) is 18.1 Å². The molecule has 2 amide bonds. The average Bonchev–Trinajstić information content (AvgIpc) is 3.44. The summed E-state index contributed by atoms with van der Waals surface area (Å²) in [6, 6.07) is 24.8. The lowest BCUT2D eigenvalue weighted by atomic mass is 10.1. The van der Waals surface area contributed by atoms with Crippen LogP contribution in [0.5, 0.6) is 17.2 Å². The van der Waals surface area contributed by atoms with Gasteiger partial charge in [-0.2, -0.15) is 0 Å². The van der Waals surface area contributed by atoms with Crippen LogP contribution in [-0.2, 0) is 11.2 Å². The van der Waals surface area contributed by atoms with E-state index in [-0.39, 0.29) is 11.9 Å². The van der Waals surface area contributed by atoms with Gasteiger partial charge in [-0.25, -0.2) is 4.98 Å². The Labute approximate surface area is 266 Å². The Hall–Kier alpha value is -5.91. The summed E-state index contributed by atoms with van der Waals surface area (Å²) < 4.78 is 13.0. The Morgan fingerprint density at radius 2 is 1.65 bits per heavy atom. The van der Waals surface area contributed by atoms with Gasteiger partial charge in [-0.1, -0.05) is 6.07 Å². The van der Waals surface area contributed by atoms with Crippen molar-refractivity contribution in [1.29, 1.82) is 0 Å². The number of nitrogens with one attached hydrogen (secondary N) is 1. The second-order valence-corrected chi connectivity index (χ2v) is 10.5. The summed E-state index contributed by atoms with van der Waals surface area (Å²) in [5, 5.41) is 2.94. The molecule has 0 bridgehead atoms. The number of carbonyl (C=O) groups excluding carboxylic acids is 2. The summed E-state index contributed by atoms with van der Waals surface area (Å²) in [6.07, 6.45) is 3.21. The number of hydrogen-bond acceptors (Lipinski definition) is 7. The highest BCUT2D eigenvalue weighted by Gasteiger charge is 2.25. The molecule has 2 aromatic heterocycles. The van der Waals surface area contributed by atoms with Gasteiger partial charge < -0.3 is 36.6 Å². The van der Waals surface area contributed by atoms with E-state index >= 15 is 0 Å². The molecule has 12 heteroatoms. The van der Waals surface area contributed by atoms with Crippen molar-refractivity contribution in [3.8, 4) is 28.6 Å². The van der Waals surface area contributed by atoms with Crippen LogP contribution >= 0.6 is 0 Å². The quantitative estimate of drug-likeness (QED) is 0.0816. The van der Waals surface area contributed by atoms with Crippen LogP contribution in [0.2, 0.25) is 0 Å². The Balaban J connectivity index is 1.44. The average molecular weight is 621 g/mol. The predicted molar refractivity (Wildman–Crippen MR) is 177 cm³/mol. The Bertz CT molecular complexity index is 1820. The smallest absolute Gasteiger partial charge is 0.251 e. The molecule has 0 aliphatic carbocycles. The zero-order chi connectivity index (χ0) is 32.5. The Morgan fingerprint density at radius 1 is 0.935 bits per heavy atom. The maximum Gasteiger partial charge on any atom is 0.251 e. The molecule has 5 aromatic rings. The summed E-state index contributed by atoms with van der Waals surface area (Å²) >= 11 is 0.